The highest BCUT2D eigenvalue weighted by molar-refractivity contribution is 8.11. The van der Waals surface area contributed by atoms with Crippen molar-refractivity contribution < 1.29 is 0 Å². The van der Waals surface area contributed by atoms with Gasteiger partial charge in [0.1, 0.15) is 0 Å². The maximum Gasteiger partial charge on any atom is -0.0242 e. The Labute approximate surface area is 171 Å². The predicted octanol–water partition coefficient (Wildman–Crippen LogP) is 10.6. The second kappa shape index (κ2) is 25.9. The van der Waals surface area contributed by atoms with Crippen LogP contribution in [0.4, 0.5) is 0 Å². The van der Waals surface area contributed by atoms with Gasteiger partial charge in [0.15, 0.2) is 0 Å². The summed E-state index contributed by atoms with van der Waals surface area (Å²) in [5, 5.41) is 0. The molecule has 0 saturated heterocycles. The van der Waals surface area contributed by atoms with Gasteiger partial charge in [0.05, 0.1) is 0 Å². The summed E-state index contributed by atoms with van der Waals surface area (Å²) in [7, 11) is 3.41. The molecule has 0 amide bonds. The first-order valence-electron chi connectivity index (χ1n) is 12.2. The van der Waals surface area contributed by atoms with E-state index in [1.165, 1.54) is 141 Å². The first kappa shape index (κ1) is 26.9. The van der Waals surface area contributed by atoms with E-state index in [-0.39, 0.29) is 0 Å². The summed E-state index contributed by atoms with van der Waals surface area (Å²) in [5.41, 5.74) is 0. The molecule has 0 rings (SSSR count). The molecule has 0 aliphatic heterocycles. The molecular weight excluding hydrogens is 350 g/mol. The average Bonchev–Trinajstić information content (AvgIpc) is 2.66. The standard InChI is InChI=1S/C24H50P2/c1-3-5-7-9-11-13-15-17-19-21-23-25-26-24-22-20-18-16-14-12-10-8-6-4-2/h3-24H2,1-2H3. The van der Waals surface area contributed by atoms with Crippen molar-refractivity contribution >= 4 is 16.5 Å². The van der Waals surface area contributed by atoms with Crippen LogP contribution in [0.1, 0.15) is 142 Å². The van der Waals surface area contributed by atoms with Crippen LogP contribution in [0.25, 0.3) is 0 Å². The Morgan fingerprint density at radius 3 is 0.808 bits per heavy atom. The zero-order valence-electron chi connectivity index (χ0n) is 18.5. The van der Waals surface area contributed by atoms with E-state index in [2.05, 4.69) is 13.8 Å². The Kier molecular flexibility index (Phi) is 26.7. The highest BCUT2D eigenvalue weighted by Crippen LogP contribution is 2.38. The van der Waals surface area contributed by atoms with E-state index in [9.17, 15) is 0 Å². The van der Waals surface area contributed by atoms with Gasteiger partial charge in [0.25, 0.3) is 0 Å². The van der Waals surface area contributed by atoms with Gasteiger partial charge in [-0.05, 0) is 41.7 Å². The molecule has 0 aliphatic rings. The molecule has 0 atom stereocenters. The number of rotatable bonds is 23. The molecule has 0 nitrogen and oxygen atoms in total. The minimum absolute atomic E-state index is 1.37. The van der Waals surface area contributed by atoms with Crippen molar-refractivity contribution in [3.05, 3.63) is 0 Å². The molecular formula is C24H50P2. The lowest BCUT2D eigenvalue weighted by Gasteiger charge is -2.03. The Balaban J connectivity index is 2.95. The predicted molar refractivity (Wildman–Crippen MR) is 127 cm³/mol. The summed E-state index contributed by atoms with van der Waals surface area (Å²) in [4.78, 5) is 0. The zero-order chi connectivity index (χ0) is 19.0. The molecule has 2 radical (unpaired) electrons. The van der Waals surface area contributed by atoms with E-state index in [0.29, 0.717) is 0 Å². The second-order valence-electron chi connectivity index (χ2n) is 8.09. The highest BCUT2D eigenvalue weighted by atomic mass is 32.0. The lowest BCUT2D eigenvalue weighted by atomic mass is 10.1. The van der Waals surface area contributed by atoms with Crippen molar-refractivity contribution in [3.8, 4) is 0 Å². The molecule has 0 aromatic heterocycles. The van der Waals surface area contributed by atoms with E-state index in [1.54, 1.807) is 16.5 Å². The second-order valence-corrected chi connectivity index (χ2v) is 11.3. The van der Waals surface area contributed by atoms with Crippen LogP contribution < -0.4 is 0 Å². The summed E-state index contributed by atoms with van der Waals surface area (Å²) in [6.45, 7) is 4.60. The van der Waals surface area contributed by atoms with Crippen LogP contribution in [-0.2, 0) is 0 Å². The van der Waals surface area contributed by atoms with Gasteiger partial charge in [-0.2, -0.15) is 0 Å². The van der Waals surface area contributed by atoms with Gasteiger partial charge in [0.2, 0.25) is 0 Å². The largest absolute Gasteiger partial charge is 0.0654 e. The normalized spacial score (nSPS) is 12.2. The quantitative estimate of drug-likeness (QED) is 0.118. The molecule has 0 fully saturated rings. The summed E-state index contributed by atoms with van der Waals surface area (Å²) in [6, 6.07) is 0. The number of unbranched alkanes of at least 4 members (excludes halogenated alkanes) is 18. The number of hydrogen-bond acceptors (Lipinski definition) is 0. The fourth-order valence-corrected chi connectivity index (χ4v) is 6.19. The highest BCUT2D eigenvalue weighted by Gasteiger charge is 1.96. The molecule has 2 heteroatoms. The fraction of sp³-hybridized carbons (Fsp3) is 1.00. The van der Waals surface area contributed by atoms with Gasteiger partial charge in [-0.15, -0.1) is 0 Å². The fourth-order valence-electron chi connectivity index (χ4n) is 3.48. The van der Waals surface area contributed by atoms with Crippen LogP contribution in [0.3, 0.4) is 0 Å². The average molecular weight is 401 g/mol. The van der Waals surface area contributed by atoms with E-state index < -0.39 is 0 Å². The van der Waals surface area contributed by atoms with Crippen molar-refractivity contribution in [1.82, 2.24) is 0 Å². The maximum atomic E-state index is 2.30. The Morgan fingerprint density at radius 2 is 0.538 bits per heavy atom. The summed E-state index contributed by atoms with van der Waals surface area (Å²) in [6.07, 6.45) is 32.2. The molecule has 0 heterocycles. The molecule has 0 unspecified atom stereocenters. The Bertz CT molecular complexity index is 206. The van der Waals surface area contributed by atoms with E-state index >= 15 is 0 Å². The third kappa shape index (κ3) is 24.9. The van der Waals surface area contributed by atoms with Crippen molar-refractivity contribution in [2.75, 3.05) is 12.3 Å². The monoisotopic (exact) mass is 400 g/mol. The first-order valence-corrected chi connectivity index (χ1v) is 15.1. The molecule has 156 valence electrons. The first-order chi connectivity index (χ1) is 12.9. The lowest BCUT2D eigenvalue weighted by Crippen LogP contribution is -1.83. The van der Waals surface area contributed by atoms with Gasteiger partial charge in [0, 0.05) is 0 Å². The maximum absolute atomic E-state index is 2.30. The van der Waals surface area contributed by atoms with Gasteiger partial charge in [-0.3, -0.25) is 0 Å². The minimum Gasteiger partial charge on any atom is -0.0654 e. The van der Waals surface area contributed by atoms with Crippen molar-refractivity contribution in [1.29, 1.82) is 0 Å². The molecule has 26 heavy (non-hydrogen) atoms. The van der Waals surface area contributed by atoms with E-state index in [1.807, 2.05) is 0 Å². The van der Waals surface area contributed by atoms with Gasteiger partial charge in [-0.1, -0.05) is 129 Å². The van der Waals surface area contributed by atoms with Crippen molar-refractivity contribution in [2.24, 2.45) is 0 Å². The molecule has 0 N–H and O–H groups in total. The van der Waals surface area contributed by atoms with Gasteiger partial charge in [-0.25, -0.2) is 0 Å². The van der Waals surface area contributed by atoms with E-state index in [4.69, 9.17) is 0 Å². The Morgan fingerprint density at radius 1 is 0.308 bits per heavy atom. The zero-order valence-corrected chi connectivity index (χ0v) is 20.2. The minimum atomic E-state index is 1.37. The van der Waals surface area contributed by atoms with Crippen LogP contribution in [0.5, 0.6) is 0 Å². The lowest BCUT2D eigenvalue weighted by molar-refractivity contribution is 0.563. The summed E-state index contributed by atoms with van der Waals surface area (Å²) >= 11 is 0. The van der Waals surface area contributed by atoms with Crippen LogP contribution >= 0.6 is 16.5 Å². The SMILES string of the molecule is CCCCCCCCCCCC[P][P]CCCCCCCCCCCC. The molecule has 0 saturated carbocycles. The van der Waals surface area contributed by atoms with Crippen LogP contribution in [0, 0.1) is 0 Å². The van der Waals surface area contributed by atoms with Crippen LogP contribution in [-0.4, -0.2) is 12.3 Å². The molecule has 0 aromatic rings. The molecule has 0 aliphatic carbocycles. The third-order valence-electron chi connectivity index (χ3n) is 5.32. The molecule has 0 aromatic carbocycles. The molecule has 0 spiro atoms. The van der Waals surface area contributed by atoms with Crippen LogP contribution in [0.2, 0.25) is 0 Å². The summed E-state index contributed by atoms with van der Waals surface area (Å²) < 4.78 is 0. The van der Waals surface area contributed by atoms with E-state index in [0.717, 1.165) is 0 Å². The molecule has 0 bridgehead atoms. The third-order valence-corrected chi connectivity index (χ3v) is 8.36. The summed E-state index contributed by atoms with van der Waals surface area (Å²) in [5.74, 6) is 0. The topological polar surface area (TPSA) is 0 Å². The number of hydrogen-bond donors (Lipinski definition) is 0. The van der Waals surface area contributed by atoms with Crippen molar-refractivity contribution in [2.45, 2.75) is 142 Å². The van der Waals surface area contributed by atoms with Gasteiger partial charge < -0.3 is 0 Å². The van der Waals surface area contributed by atoms with Crippen molar-refractivity contribution in [3.63, 3.8) is 0 Å². The Hall–Kier alpha value is 0.860. The van der Waals surface area contributed by atoms with Crippen LogP contribution in [0.15, 0.2) is 0 Å². The smallest absolute Gasteiger partial charge is 0.0242 e. The van der Waals surface area contributed by atoms with Gasteiger partial charge >= 0.3 is 0 Å².